The molecule has 2 aromatic carbocycles. The maximum atomic E-state index is 13.9. The van der Waals surface area contributed by atoms with E-state index in [1.54, 1.807) is 12.1 Å². The fraction of sp³-hybridized carbons (Fsp3) is 0.360. The Bertz CT molecular complexity index is 1040. The van der Waals surface area contributed by atoms with Crippen LogP contribution in [0, 0.1) is 11.7 Å². The summed E-state index contributed by atoms with van der Waals surface area (Å²) in [4.78, 5) is 11.2. The fourth-order valence-corrected chi connectivity index (χ4v) is 3.43. The minimum atomic E-state index is -0.892. The summed E-state index contributed by atoms with van der Waals surface area (Å²) in [5.74, 6) is -0.180. The zero-order valence-electron chi connectivity index (χ0n) is 18.3. The maximum Gasteiger partial charge on any atom is 0.307 e. The molecule has 0 radical (unpaired) electrons. The summed E-state index contributed by atoms with van der Waals surface area (Å²) in [5.41, 5.74) is 3.66. The van der Waals surface area contributed by atoms with Crippen LogP contribution in [0.5, 0.6) is 5.75 Å². The summed E-state index contributed by atoms with van der Waals surface area (Å²) in [6.07, 6.45) is 1.86. The number of halogens is 1. The number of nitrogens with zero attached hydrogens (tertiary/aromatic N) is 2. The van der Waals surface area contributed by atoms with Crippen LogP contribution < -0.4 is 4.74 Å². The van der Waals surface area contributed by atoms with Gasteiger partial charge in [-0.05, 0) is 48.2 Å². The van der Waals surface area contributed by atoms with Gasteiger partial charge in [-0.1, -0.05) is 45.4 Å². The molecular weight excluding hydrogens is 395 g/mol. The number of hydrogen-bond donors (Lipinski definition) is 1. The molecule has 164 valence electrons. The van der Waals surface area contributed by atoms with Crippen molar-refractivity contribution in [1.29, 1.82) is 0 Å². The Morgan fingerprint density at radius 3 is 2.68 bits per heavy atom. The Labute approximate surface area is 182 Å². The smallest absolute Gasteiger partial charge is 0.307 e. The molecule has 0 saturated carbocycles. The Morgan fingerprint density at radius 2 is 2.00 bits per heavy atom. The average molecular weight is 425 g/mol. The largest absolute Gasteiger partial charge is 0.493 e. The average Bonchev–Trinajstić information content (AvgIpc) is 3.11. The number of ether oxygens (including phenoxy) is 1. The maximum absolute atomic E-state index is 13.9. The third-order valence-electron chi connectivity index (χ3n) is 4.87. The van der Waals surface area contributed by atoms with Crippen LogP contribution in [0.15, 0.2) is 48.5 Å². The first-order valence-corrected chi connectivity index (χ1v) is 10.7. The summed E-state index contributed by atoms with van der Waals surface area (Å²) < 4.78 is 21.8. The third-order valence-corrected chi connectivity index (χ3v) is 4.87. The summed E-state index contributed by atoms with van der Waals surface area (Å²) >= 11 is 0. The van der Waals surface area contributed by atoms with Crippen molar-refractivity contribution in [2.45, 2.75) is 46.6 Å². The van der Waals surface area contributed by atoms with Crippen LogP contribution in [0.3, 0.4) is 0 Å². The van der Waals surface area contributed by atoms with Gasteiger partial charge in [0.15, 0.2) is 0 Å². The number of rotatable bonds is 10. The van der Waals surface area contributed by atoms with Crippen LogP contribution in [-0.4, -0.2) is 27.5 Å². The van der Waals surface area contributed by atoms with E-state index in [9.17, 15) is 14.3 Å². The van der Waals surface area contributed by atoms with E-state index in [1.165, 1.54) is 12.1 Å². The van der Waals surface area contributed by atoms with E-state index in [2.05, 4.69) is 20.8 Å². The van der Waals surface area contributed by atoms with Gasteiger partial charge < -0.3 is 9.84 Å². The highest BCUT2D eigenvalue weighted by molar-refractivity contribution is 5.76. The van der Waals surface area contributed by atoms with E-state index in [0.717, 1.165) is 29.7 Å². The molecule has 31 heavy (non-hydrogen) atoms. The zero-order chi connectivity index (χ0) is 22.4. The number of unbranched alkanes of at least 4 members (excludes halogenated alkanes) is 1. The van der Waals surface area contributed by atoms with Gasteiger partial charge in [-0.3, -0.25) is 9.48 Å². The molecule has 0 aliphatic heterocycles. The first kappa shape index (κ1) is 22.5. The summed E-state index contributed by atoms with van der Waals surface area (Å²) in [7, 11) is 0. The van der Waals surface area contributed by atoms with Gasteiger partial charge in [-0.15, -0.1) is 0 Å². The van der Waals surface area contributed by atoms with Crippen molar-refractivity contribution in [3.8, 4) is 28.3 Å². The summed E-state index contributed by atoms with van der Waals surface area (Å²) in [6.45, 7) is 7.55. The van der Waals surface area contributed by atoms with Crippen molar-refractivity contribution in [1.82, 2.24) is 9.78 Å². The van der Waals surface area contributed by atoms with Gasteiger partial charge in [-0.2, -0.15) is 5.10 Å². The third kappa shape index (κ3) is 5.94. The molecule has 3 aromatic rings. The fourth-order valence-electron chi connectivity index (χ4n) is 3.43. The number of carboxylic acid groups (broad SMARTS) is 1. The predicted octanol–water partition coefficient (Wildman–Crippen LogP) is 5.82. The number of aliphatic carboxylic acids is 1. The lowest BCUT2D eigenvalue weighted by Gasteiger charge is -2.12. The first-order chi connectivity index (χ1) is 14.9. The molecule has 1 heterocycles. The molecule has 0 amide bonds. The molecule has 0 fully saturated rings. The molecule has 1 N–H and O–H groups in total. The van der Waals surface area contributed by atoms with Crippen LogP contribution >= 0.6 is 0 Å². The quantitative estimate of drug-likeness (QED) is 0.417. The molecule has 0 aliphatic rings. The molecule has 6 heteroatoms. The standard InChI is InChI=1S/C25H29FN2O3/c1-4-5-11-31-24-10-9-18(13-25(29)30)12-21(24)22-15-23(28(27-22)16-17(2)3)19-7-6-8-20(26)14-19/h6-10,12,14-15,17H,4-5,11,13,16H2,1-3H3,(H,29,30). The van der Waals surface area contributed by atoms with Crippen molar-refractivity contribution >= 4 is 5.97 Å². The Kier molecular flexibility index (Phi) is 7.45. The Balaban J connectivity index is 2.09. The Morgan fingerprint density at radius 1 is 1.19 bits per heavy atom. The molecular formula is C25H29FN2O3. The van der Waals surface area contributed by atoms with Gasteiger partial charge in [0.2, 0.25) is 0 Å². The minimum absolute atomic E-state index is 0.0777. The van der Waals surface area contributed by atoms with E-state index in [0.29, 0.717) is 36.1 Å². The van der Waals surface area contributed by atoms with E-state index >= 15 is 0 Å². The van der Waals surface area contributed by atoms with Crippen LogP contribution in [0.4, 0.5) is 4.39 Å². The van der Waals surface area contributed by atoms with Crippen molar-refractivity contribution in [2.75, 3.05) is 6.61 Å². The van der Waals surface area contributed by atoms with Crippen molar-refractivity contribution in [3.05, 3.63) is 59.9 Å². The van der Waals surface area contributed by atoms with Gasteiger partial charge in [-0.25, -0.2) is 4.39 Å². The molecule has 1 aromatic heterocycles. The van der Waals surface area contributed by atoms with Crippen LogP contribution in [0.2, 0.25) is 0 Å². The molecule has 0 atom stereocenters. The van der Waals surface area contributed by atoms with E-state index < -0.39 is 5.97 Å². The van der Waals surface area contributed by atoms with E-state index in [4.69, 9.17) is 9.84 Å². The normalized spacial score (nSPS) is 11.1. The number of carboxylic acids is 1. The van der Waals surface area contributed by atoms with Gasteiger partial charge >= 0.3 is 5.97 Å². The lowest BCUT2D eigenvalue weighted by molar-refractivity contribution is -0.136. The van der Waals surface area contributed by atoms with Gasteiger partial charge in [0.25, 0.3) is 0 Å². The monoisotopic (exact) mass is 424 g/mol. The Hall–Kier alpha value is -3.15. The van der Waals surface area contributed by atoms with E-state index in [1.807, 2.05) is 28.9 Å². The molecule has 0 aliphatic carbocycles. The minimum Gasteiger partial charge on any atom is -0.493 e. The lowest BCUT2D eigenvalue weighted by Crippen LogP contribution is -2.08. The van der Waals surface area contributed by atoms with Crippen LogP contribution in [0.1, 0.15) is 39.2 Å². The predicted molar refractivity (Wildman–Crippen MR) is 120 cm³/mol. The van der Waals surface area contributed by atoms with E-state index in [-0.39, 0.29) is 12.2 Å². The molecule has 0 unspecified atom stereocenters. The highest BCUT2D eigenvalue weighted by Gasteiger charge is 2.17. The van der Waals surface area contributed by atoms with Gasteiger partial charge in [0.05, 0.1) is 24.4 Å². The molecule has 0 spiro atoms. The first-order valence-electron chi connectivity index (χ1n) is 10.7. The molecule has 5 nitrogen and oxygen atoms in total. The second kappa shape index (κ2) is 10.2. The second-order valence-electron chi connectivity index (χ2n) is 8.10. The van der Waals surface area contributed by atoms with Crippen LogP contribution in [0.25, 0.3) is 22.5 Å². The van der Waals surface area contributed by atoms with Gasteiger partial charge in [0, 0.05) is 17.7 Å². The SMILES string of the molecule is CCCCOc1ccc(CC(=O)O)cc1-c1cc(-c2cccc(F)c2)n(CC(C)C)n1. The van der Waals surface area contributed by atoms with Crippen molar-refractivity contribution in [2.24, 2.45) is 5.92 Å². The topological polar surface area (TPSA) is 64.3 Å². The highest BCUT2D eigenvalue weighted by atomic mass is 19.1. The second-order valence-corrected chi connectivity index (χ2v) is 8.10. The van der Waals surface area contributed by atoms with Gasteiger partial charge in [0.1, 0.15) is 11.6 Å². The number of hydrogen-bond acceptors (Lipinski definition) is 3. The molecule has 0 saturated heterocycles. The lowest BCUT2D eigenvalue weighted by atomic mass is 10.0. The van der Waals surface area contributed by atoms with Crippen LogP contribution in [-0.2, 0) is 17.8 Å². The van der Waals surface area contributed by atoms with Crippen molar-refractivity contribution < 1.29 is 19.0 Å². The number of aromatic nitrogens is 2. The van der Waals surface area contributed by atoms with Crippen molar-refractivity contribution in [3.63, 3.8) is 0 Å². The molecule has 3 rings (SSSR count). The summed E-state index contributed by atoms with van der Waals surface area (Å²) in [5, 5.41) is 14.0. The molecule has 0 bridgehead atoms. The number of carbonyl (C=O) groups is 1. The number of benzene rings is 2. The summed E-state index contributed by atoms with van der Waals surface area (Å²) in [6, 6.07) is 13.8. The highest BCUT2D eigenvalue weighted by Crippen LogP contribution is 2.34. The zero-order valence-corrected chi connectivity index (χ0v) is 18.3.